The number of aromatic carboxylic acids is 1. The van der Waals surface area contributed by atoms with Gasteiger partial charge in [-0.3, -0.25) is 0 Å². The smallest absolute Gasteiger partial charge is 0.371 e. The van der Waals surface area contributed by atoms with Crippen molar-refractivity contribution < 1.29 is 19.1 Å². The third-order valence-corrected chi connectivity index (χ3v) is 2.27. The molecule has 0 amide bonds. The van der Waals surface area contributed by atoms with Gasteiger partial charge in [-0.1, -0.05) is 11.6 Å². The van der Waals surface area contributed by atoms with E-state index in [0.29, 0.717) is 21.7 Å². The Kier molecular flexibility index (Phi) is 2.28. The van der Waals surface area contributed by atoms with Crippen molar-refractivity contribution in [3.63, 3.8) is 0 Å². The molecule has 0 aliphatic rings. The van der Waals surface area contributed by atoms with E-state index in [2.05, 4.69) is 0 Å². The maximum atomic E-state index is 10.7. The van der Waals surface area contributed by atoms with Crippen molar-refractivity contribution in [2.45, 2.75) is 0 Å². The molecule has 1 aromatic carbocycles. The number of furan rings is 1. The number of ether oxygens (including phenoxy) is 1. The summed E-state index contributed by atoms with van der Waals surface area (Å²) in [7, 11) is 1.51. The first-order valence-electron chi connectivity index (χ1n) is 4.12. The number of rotatable bonds is 2. The molecule has 4 nitrogen and oxygen atoms in total. The van der Waals surface area contributed by atoms with E-state index in [0.717, 1.165) is 0 Å². The van der Waals surface area contributed by atoms with Gasteiger partial charge in [-0.2, -0.15) is 0 Å². The summed E-state index contributed by atoms with van der Waals surface area (Å²) in [5, 5.41) is 9.67. The van der Waals surface area contributed by atoms with E-state index in [9.17, 15) is 4.79 Å². The Labute approximate surface area is 90.0 Å². The Bertz CT molecular complexity index is 529. The minimum atomic E-state index is -1.12. The highest BCUT2D eigenvalue weighted by Crippen LogP contribution is 2.31. The Morgan fingerprint density at radius 3 is 2.80 bits per heavy atom. The van der Waals surface area contributed by atoms with E-state index in [1.807, 2.05) is 0 Å². The molecule has 0 aliphatic heterocycles. The van der Waals surface area contributed by atoms with E-state index in [-0.39, 0.29) is 5.76 Å². The van der Waals surface area contributed by atoms with Crippen molar-refractivity contribution in [3.05, 3.63) is 29.0 Å². The van der Waals surface area contributed by atoms with Crippen molar-refractivity contribution in [3.8, 4) is 5.75 Å². The van der Waals surface area contributed by atoms with Crippen LogP contribution in [0.3, 0.4) is 0 Å². The van der Waals surface area contributed by atoms with Gasteiger partial charge in [-0.25, -0.2) is 4.79 Å². The molecule has 0 radical (unpaired) electrons. The van der Waals surface area contributed by atoms with Crippen LogP contribution in [0.2, 0.25) is 5.02 Å². The summed E-state index contributed by atoms with van der Waals surface area (Å²) < 4.78 is 10.1. The molecular formula is C10H7ClO4. The van der Waals surface area contributed by atoms with E-state index < -0.39 is 5.97 Å². The lowest BCUT2D eigenvalue weighted by molar-refractivity contribution is 0.0665. The number of hydrogen-bond donors (Lipinski definition) is 1. The summed E-state index contributed by atoms with van der Waals surface area (Å²) in [6.45, 7) is 0. The van der Waals surface area contributed by atoms with E-state index in [1.54, 1.807) is 12.1 Å². The fourth-order valence-electron chi connectivity index (χ4n) is 1.31. The molecule has 0 saturated carbocycles. The molecule has 2 rings (SSSR count). The maximum Gasteiger partial charge on any atom is 0.371 e. The molecule has 15 heavy (non-hydrogen) atoms. The van der Waals surface area contributed by atoms with Crippen LogP contribution in [0.1, 0.15) is 10.6 Å². The quantitative estimate of drug-likeness (QED) is 0.855. The molecule has 0 fully saturated rings. The van der Waals surface area contributed by atoms with Crippen LogP contribution < -0.4 is 4.74 Å². The van der Waals surface area contributed by atoms with Gasteiger partial charge in [0, 0.05) is 11.5 Å². The number of carboxylic acids is 1. The molecule has 1 heterocycles. The molecule has 0 bridgehead atoms. The number of fused-ring (bicyclic) bond motifs is 1. The average molecular weight is 227 g/mol. The standard InChI is InChI=1S/C10H7ClO4/c1-14-6-2-5-3-8(10(12)13)15-9(5)7(11)4-6/h2-4H,1H3,(H,12,13). The largest absolute Gasteiger partial charge is 0.497 e. The number of benzene rings is 1. The summed E-state index contributed by atoms with van der Waals surface area (Å²) in [5.41, 5.74) is 0.356. The predicted molar refractivity (Wildman–Crippen MR) is 54.7 cm³/mol. The molecule has 78 valence electrons. The lowest BCUT2D eigenvalue weighted by atomic mass is 10.2. The van der Waals surface area contributed by atoms with Crippen LogP contribution in [-0.2, 0) is 0 Å². The second-order valence-electron chi connectivity index (χ2n) is 2.94. The highest BCUT2D eigenvalue weighted by atomic mass is 35.5. The Morgan fingerprint density at radius 2 is 2.20 bits per heavy atom. The van der Waals surface area contributed by atoms with Gasteiger partial charge < -0.3 is 14.3 Å². The van der Waals surface area contributed by atoms with Gasteiger partial charge in [-0.05, 0) is 12.1 Å². The van der Waals surface area contributed by atoms with Crippen molar-refractivity contribution in [2.75, 3.05) is 7.11 Å². The van der Waals surface area contributed by atoms with Crippen molar-refractivity contribution in [1.29, 1.82) is 0 Å². The first-order valence-corrected chi connectivity index (χ1v) is 4.50. The first kappa shape index (κ1) is 9.86. The zero-order valence-electron chi connectivity index (χ0n) is 7.78. The van der Waals surface area contributed by atoms with Crippen LogP contribution in [-0.4, -0.2) is 18.2 Å². The third-order valence-electron chi connectivity index (χ3n) is 1.99. The van der Waals surface area contributed by atoms with Gasteiger partial charge in [0.2, 0.25) is 5.76 Å². The second-order valence-corrected chi connectivity index (χ2v) is 3.35. The molecule has 0 saturated heterocycles. The van der Waals surface area contributed by atoms with Crippen molar-refractivity contribution in [2.24, 2.45) is 0 Å². The van der Waals surface area contributed by atoms with Gasteiger partial charge >= 0.3 is 5.97 Å². The highest BCUT2D eigenvalue weighted by molar-refractivity contribution is 6.35. The highest BCUT2D eigenvalue weighted by Gasteiger charge is 2.13. The Hall–Kier alpha value is -1.68. The van der Waals surface area contributed by atoms with E-state index in [4.69, 9.17) is 25.9 Å². The second kappa shape index (κ2) is 3.47. The Morgan fingerprint density at radius 1 is 1.47 bits per heavy atom. The van der Waals surface area contributed by atoms with Crippen LogP contribution in [0.15, 0.2) is 22.6 Å². The summed E-state index contributed by atoms with van der Waals surface area (Å²) in [6, 6.07) is 4.64. The van der Waals surface area contributed by atoms with E-state index in [1.165, 1.54) is 13.2 Å². The molecule has 0 aliphatic carbocycles. The number of methoxy groups -OCH3 is 1. The predicted octanol–water partition coefficient (Wildman–Crippen LogP) is 2.79. The van der Waals surface area contributed by atoms with Gasteiger partial charge in [0.15, 0.2) is 5.58 Å². The molecular weight excluding hydrogens is 220 g/mol. The van der Waals surface area contributed by atoms with Gasteiger partial charge in [0.25, 0.3) is 0 Å². The minimum absolute atomic E-state index is 0.139. The molecule has 0 atom stereocenters. The zero-order valence-corrected chi connectivity index (χ0v) is 8.54. The summed E-state index contributed by atoms with van der Waals surface area (Å²) in [6.07, 6.45) is 0. The number of hydrogen-bond acceptors (Lipinski definition) is 3. The van der Waals surface area contributed by atoms with Gasteiger partial charge in [-0.15, -0.1) is 0 Å². The summed E-state index contributed by atoms with van der Waals surface area (Å²) >= 11 is 5.89. The molecule has 0 unspecified atom stereocenters. The number of carbonyl (C=O) groups is 1. The lowest BCUT2D eigenvalue weighted by Crippen LogP contribution is -1.91. The minimum Gasteiger partial charge on any atom is -0.497 e. The topological polar surface area (TPSA) is 59.7 Å². The van der Waals surface area contributed by atoms with Crippen molar-refractivity contribution >= 4 is 28.5 Å². The van der Waals surface area contributed by atoms with Crippen LogP contribution >= 0.6 is 11.6 Å². The fraction of sp³-hybridized carbons (Fsp3) is 0.100. The monoisotopic (exact) mass is 226 g/mol. The Balaban J connectivity index is 2.69. The van der Waals surface area contributed by atoms with Gasteiger partial charge in [0.05, 0.1) is 12.1 Å². The fourth-order valence-corrected chi connectivity index (χ4v) is 1.56. The maximum absolute atomic E-state index is 10.7. The van der Waals surface area contributed by atoms with Gasteiger partial charge in [0.1, 0.15) is 5.75 Å². The molecule has 5 heteroatoms. The number of halogens is 1. The summed E-state index contributed by atoms with van der Waals surface area (Å²) in [4.78, 5) is 10.7. The van der Waals surface area contributed by atoms with Crippen LogP contribution in [0.25, 0.3) is 11.0 Å². The van der Waals surface area contributed by atoms with Crippen LogP contribution in [0.5, 0.6) is 5.75 Å². The normalized spacial score (nSPS) is 10.5. The van der Waals surface area contributed by atoms with Crippen LogP contribution in [0, 0.1) is 0 Å². The molecule has 1 N–H and O–H groups in total. The lowest BCUT2D eigenvalue weighted by Gasteiger charge is -1.99. The molecule has 2 aromatic rings. The zero-order chi connectivity index (χ0) is 11.0. The van der Waals surface area contributed by atoms with Crippen molar-refractivity contribution in [1.82, 2.24) is 0 Å². The van der Waals surface area contributed by atoms with E-state index >= 15 is 0 Å². The van der Waals surface area contributed by atoms with Crippen LogP contribution in [0.4, 0.5) is 0 Å². The third kappa shape index (κ3) is 1.64. The first-order chi connectivity index (χ1) is 7.11. The summed E-state index contributed by atoms with van der Waals surface area (Å²) in [5.74, 6) is -0.702. The SMILES string of the molecule is COc1cc(Cl)c2oc(C(=O)O)cc2c1. The molecule has 1 aromatic heterocycles. The number of carboxylic acid groups (broad SMARTS) is 1. The molecule has 0 spiro atoms. The average Bonchev–Trinajstić information content (AvgIpc) is 2.61.